The van der Waals surface area contributed by atoms with Crippen molar-refractivity contribution in [2.24, 2.45) is 0 Å². The van der Waals surface area contributed by atoms with Crippen molar-refractivity contribution < 1.29 is 9.59 Å². The molecule has 2 amide bonds. The first kappa shape index (κ1) is 19.3. The van der Waals surface area contributed by atoms with Crippen LogP contribution < -0.4 is 10.4 Å². The predicted octanol–water partition coefficient (Wildman–Crippen LogP) is 4.44. The molecule has 0 bridgehead atoms. The fraction of sp³-hybridized carbons (Fsp3) is 0.130. The lowest BCUT2D eigenvalue weighted by molar-refractivity contribution is -0.113. The van der Waals surface area contributed by atoms with E-state index < -0.39 is 0 Å². The fourth-order valence-corrected chi connectivity index (χ4v) is 4.37. The monoisotopic (exact) mass is 398 g/mol. The minimum atomic E-state index is -0.292. The van der Waals surface area contributed by atoms with Crippen LogP contribution in [0.15, 0.2) is 59.5 Å². The zero-order valence-corrected chi connectivity index (χ0v) is 17.3. The molecule has 142 valence electrons. The van der Waals surface area contributed by atoms with Crippen molar-refractivity contribution in [1.29, 1.82) is 0 Å². The van der Waals surface area contributed by atoms with Gasteiger partial charge in [-0.25, -0.2) is 4.90 Å². The number of rotatable bonds is 3. The summed E-state index contributed by atoms with van der Waals surface area (Å²) in [7, 11) is 5.95. The molecule has 1 saturated heterocycles. The second-order valence-corrected chi connectivity index (χ2v) is 8.05. The molecule has 1 aliphatic rings. The molecule has 0 aliphatic carbocycles. The van der Waals surface area contributed by atoms with Crippen LogP contribution in [0.5, 0.6) is 0 Å². The average molecular weight is 398 g/mol. The van der Waals surface area contributed by atoms with Crippen LogP contribution in [0.4, 0.5) is 10.5 Å². The van der Waals surface area contributed by atoms with Crippen molar-refractivity contribution in [3.8, 4) is 5.69 Å². The number of hydrogen-bond acceptors (Lipinski definition) is 3. The highest BCUT2D eigenvalue weighted by Gasteiger charge is 2.36. The van der Waals surface area contributed by atoms with Gasteiger partial charge >= 0.3 is 0 Å². The van der Waals surface area contributed by atoms with Gasteiger partial charge in [0.05, 0.1) is 10.6 Å². The van der Waals surface area contributed by atoms with Crippen molar-refractivity contribution in [1.82, 2.24) is 4.57 Å². The number of aromatic nitrogens is 1. The number of thioether (sulfide) groups is 1. The number of amides is 2. The summed E-state index contributed by atoms with van der Waals surface area (Å²) in [5.41, 5.74) is 6.32. The first-order valence-corrected chi connectivity index (χ1v) is 10.1. The number of hydrogen-bond donors (Lipinski definition) is 0. The number of aryl methyl sites for hydroxylation is 2. The lowest BCUT2D eigenvalue weighted by Crippen LogP contribution is -2.27. The van der Waals surface area contributed by atoms with E-state index in [9.17, 15) is 9.59 Å². The van der Waals surface area contributed by atoms with Crippen molar-refractivity contribution in [3.63, 3.8) is 0 Å². The molecule has 2 heterocycles. The molecule has 0 unspecified atom stereocenters. The van der Waals surface area contributed by atoms with E-state index in [4.69, 9.17) is 7.85 Å². The minimum absolute atomic E-state index is 0.282. The highest BCUT2D eigenvalue weighted by molar-refractivity contribution is 8.19. The Balaban J connectivity index is 1.71. The smallest absolute Gasteiger partial charge is 0.298 e. The standard InChI is InChI=1S/C23H19BN2O2S/c1-14-11-19(9-10-20(14)24)25-15(2)12-17(16(25)3)13-21-22(27)26(23(28)29-21)18-7-5-4-6-8-18/h4-13H,1-3H3. The summed E-state index contributed by atoms with van der Waals surface area (Å²) in [5.74, 6) is -0.292. The molecule has 29 heavy (non-hydrogen) atoms. The molecule has 3 aromatic rings. The molecule has 0 N–H and O–H groups in total. The quantitative estimate of drug-likeness (QED) is 0.484. The Morgan fingerprint density at radius 1 is 0.931 bits per heavy atom. The topological polar surface area (TPSA) is 42.3 Å². The molecule has 0 atom stereocenters. The summed E-state index contributed by atoms with van der Waals surface area (Å²) in [4.78, 5) is 27.0. The largest absolute Gasteiger partial charge is 0.318 e. The normalized spacial score (nSPS) is 15.6. The molecular formula is C23H19BN2O2S. The van der Waals surface area contributed by atoms with Crippen LogP contribution in [0.2, 0.25) is 0 Å². The lowest BCUT2D eigenvalue weighted by Gasteiger charge is -2.12. The van der Waals surface area contributed by atoms with E-state index in [1.54, 1.807) is 18.2 Å². The van der Waals surface area contributed by atoms with Gasteiger partial charge in [-0.05, 0) is 74.5 Å². The molecule has 1 aromatic heterocycles. The molecule has 4 nitrogen and oxygen atoms in total. The van der Waals surface area contributed by atoms with E-state index in [1.165, 1.54) is 4.90 Å². The van der Waals surface area contributed by atoms with Gasteiger partial charge in [-0.1, -0.05) is 35.3 Å². The summed E-state index contributed by atoms with van der Waals surface area (Å²) in [6.45, 7) is 6.01. The van der Waals surface area contributed by atoms with Gasteiger partial charge in [-0.2, -0.15) is 0 Å². The Labute approximate surface area is 175 Å². The van der Waals surface area contributed by atoms with Crippen LogP contribution in [0.25, 0.3) is 11.8 Å². The highest BCUT2D eigenvalue weighted by Crippen LogP contribution is 2.36. The molecule has 2 radical (unpaired) electrons. The first-order valence-electron chi connectivity index (χ1n) is 9.25. The lowest BCUT2D eigenvalue weighted by atomic mass is 9.91. The van der Waals surface area contributed by atoms with Crippen molar-refractivity contribution in [2.75, 3.05) is 4.90 Å². The Morgan fingerprint density at radius 3 is 2.34 bits per heavy atom. The minimum Gasteiger partial charge on any atom is -0.318 e. The number of benzene rings is 2. The maximum Gasteiger partial charge on any atom is 0.298 e. The number of carbonyl (C=O) groups is 2. The van der Waals surface area contributed by atoms with Gasteiger partial charge in [0.15, 0.2) is 0 Å². The fourth-order valence-electron chi connectivity index (χ4n) is 3.54. The Kier molecular flexibility index (Phi) is 4.97. The van der Waals surface area contributed by atoms with E-state index in [0.29, 0.717) is 10.6 Å². The zero-order chi connectivity index (χ0) is 20.7. The summed E-state index contributed by atoms with van der Waals surface area (Å²) in [6, 6.07) is 16.9. The van der Waals surface area contributed by atoms with Gasteiger partial charge in [0.1, 0.15) is 7.85 Å². The second-order valence-electron chi connectivity index (χ2n) is 7.06. The van der Waals surface area contributed by atoms with Crippen LogP contribution in [-0.4, -0.2) is 23.6 Å². The third kappa shape index (κ3) is 3.45. The van der Waals surface area contributed by atoms with E-state index in [1.807, 2.05) is 63.2 Å². The molecule has 2 aromatic carbocycles. The van der Waals surface area contributed by atoms with Crippen molar-refractivity contribution in [3.05, 3.63) is 82.0 Å². The third-order valence-electron chi connectivity index (χ3n) is 5.08. The van der Waals surface area contributed by atoms with E-state index in [2.05, 4.69) is 4.57 Å². The van der Waals surface area contributed by atoms with Gasteiger partial charge < -0.3 is 4.57 Å². The van der Waals surface area contributed by atoms with E-state index in [-0.39, 0.29) is 11.1 Å². The van der Waals surface area contributed by atoms with Crippen LogP contribution in [0.3, 0.4) is 0 Å². The molecule has 1 aliphatic heterocycles. The zero-order valence-electron chi connectivity index (χ0n) is 16.5. The SMILES string of the molecule is [B]c1ccc(-n2c(C)cc(C=C3SC(=O)N(c4ccccc4)C3=O)c2C)cc1C. The number of imide groups is 1. The summed E-state index contributed by atoms with van der Waals surface area (Å²) in [6.07, 6.45) is 1.80. The van der Waals surface area contributed by atoms with Gasteiger partial charge in [-0.3, -0.25) is 9.59 Å². The Hall–Kier alpha value is -2.99. The van der Waals surface area contributed by atoms with Crippen LogP contribution >= 0.6 is 11.8 Å². The summed E-state index contributed by atoms with van der Waals surface area (Å²) >= 11 is 0.968. The van der Waals surface area contributed by atoms with Gasteiger partial charge in [0, 0.05) is 17.1 Å². The van der Waals surface area contributed by atoms with Crippen LogP contribution in [-0.2, 0) is 4.79 Å². The van der Waals surface area contributed by atoms with Gasteiger partial charge in [-0.15, -0.1) is 0 Å². The van der Waals surface area contributed by atoms with Crippen molar-refractivity contribution >= 4 is 48.0 Å². The first-order chi connectivity index (χ1) is 13.9. The van der Waals surface area contributed by atoms with Crippen LogP contribution in [0, 0.1) is 20.8 Å². The number of anilines is 1. The number of para-hydroxylation sites is 1. The van der Waals surface area contributed by atoms with E-state index in [0.717, 1.165) is 45.4 Å². The maximum atomic E-state index is 12.9. The Morgan fingerprint density at radius 2 is 1.66 bits per heavy atom. The van der Waals surface area contributed by atoms with Crippen molar-refractivity contribution in [2.45, 2.75) is 20.8 Å². The molecule has 0 spiro atoms. The number of carbonyl (C=O) groups excluding carboxylic acids is 2. The average Bonchev–Trinajstić information content (AvgIpc) is 3.13. The van der Waals surface area contributed by atoms with Gasteiger partial charge in [0.25, 0.3) is 11.1 Å². The Bertz CT molecular complexity index is 1170. The van der Waals surface area contributed by atoms with Gasteiger partial charge in [0.2, 0.25) is 0 Å². The second kappa shape index (κ2) is 7.45. The molecule has 4 rings (SSSR count). The highest BCUT2D eigenvalue weighted by atomic mass is 32.2. The maximum absolute atomic E-state index is 12.9. The third-order valence-corrected chi connectivity index (χ3v) is 5.95. The molecule has 0 saturated carbocycles. The van der Waals surface area contributed by atoms with Crippen LogP contribution in [0.1, 0.15) is 22.5 Å². The predicted molar refractivity (Wildman–Crippen MR) is 120 cm³/mol. The number of nitrogens with zero attached hydrogens (tertiary/aromatic N) is 2. The molecule has 1 fully saturated rings. The van der Waals surface area contributed by atoms with E-state index >= 15 is 0 Å². The summed E-state index contributed by atoms with van der Waals surface area (Å²) in [5, 5.41) is -0.282. The molecular weight excluding hydrogens is 379 g/mol. The summed E-state index contributed by atoms with van der Waals surface area (Å²) < 4.78 is 2.12. The molecule has 6 heteroatoms.